The van der Waals surface area contributed by atoms with Crippen LogP contribution in [0.25, 0.3) is 0 Å². The molecule has 0 aliphatic heterocycles. The number of carbonyl (C=O) groups excluding carboxylic acids is 2. The normalized spacial score (nSPS) is 47.3. The molecule has 0 saturated heterocycles. The second-order valence-corrected chi connectivity index (χ2v) is 6.61. The predicted molar refractivity (Wildman–Crippen MR) is 71.3 cm³/mol. The first-order valence-electron chi connectivity index (χ1n) is 7.37. The number of ketones is 1. The Labute approximate surface area is 114 Å². The Morgan fingerprint density at radius 3 is 2.89 bits per heavy atom. The number of allylic oxidation sites excluding steroid dienone is 2. The number of rotatable bonds is 2. The minimum absolute atomic E-state index is 0.111. The summed E-state index contributed by atoms with van der Waals surface area (Å²) in [5.41, 5.74) is -0.801. The molecule has 5 atom stereocenters. The molecule has 3 nitrogen and oxygen atoms in total. The fourth-order valence-corrected chi connectivity index (χ4v) is 5.01. The lowest BCUT2D eigenvalue weighted by molar-refractivity contribution is -0.159. The van der Waals surface area contributed by atoms with E-state index in [0.717, 1.165) is 19.3 Å². The van der Waals surface area contributed by atoms with Crippen LogP contribution in [0.4, 0.5) is 0 Å². The maximum Gasteiger partial charge on any atom is 0.312 e. The molecule has 2 bridgehead atoms. The highest BCUT2D eigenvalue weighted by molar-refractivity contribution is 5.99. The van der Waals surface area contributed by atoms with Gasteiger partial charge in [-0.3, -0.25) is 9.59 Å². The molecule has 1 spiro atoms. The van der Waals surface area contributed by atoms with E-state index in [1.54, 1.807) is 6.08 Å². The number of fused-ring (bicyclic) bond motifs is 1. The Morgan fingerprint density at radius 2 is 2.21 bits per heavy atom. The standard InChI is InChI=1S/C16H22O3/c1-4-19-14(18)15(3)11-6-8-13(17)16(9-11)10(2)5-7-12(15)16/h6,8,10-12H,4-5,7,9H2,1-3H3/t10-,11-,12+,15-,16-/m1/s1. The van der Waals surface area contributed by atoms with Crippen LogP contribution in [-0.4, -0.2) is 18.4 Å². The average Bonchev–Trinajstić information content (AvgIpc) is 2.81. The van der Waals surface area contributed by atoms with Gasteiger partial charge >= 0.3 is 5.97 Å². The highest BCUT2D eigenvalue weighted by atomic mass is 16.5. The number of esters is 1. The van der Waals surface area contributed by atoms with Gasteiger partial charge in [0.05, 0.1) is 12.0 Å². The van der Waals surface area contributed by atoms with Crippen molar-refractivity contribution in [2.75, 3.05) is 6.61 Å². The topological polar surface area (TPSA) is 43.4 Å². The molecule has 0 aromatic rings. The van der Waals surface area contributed by atoms with Crippen molar-refractivity contribution in [2.45, 2.75) is 40.0 Å². The Balaban J connectivity index is 2.08. The van der Waals surface area contributed by atoms with E-state index < -0.39 is 5.41 Å². The molecule has 3 heteroatoms. The second-order valence-electron chi connectivity index (χ2n) is 6.61. The fraction of sp³-hybridized carbons (Fsp3) is 0.750. The molecule has 3 aliphatic rings. The average molecular weight is 262 g/mol. The van der Waals surface area contributed by atoms with Crippen LogP contribution in [0.15, 0.2) is 12.2 Å². The smallest absolute Gasteiger partial charge is 0.312 e. The van der Waals surface area contributed by atoms with Crippen molar-refractivity contribution >= 4 is 11.8 Å². The number of carbonyl (C=O) groups is 2. The summed E-state index contributed by atoms with van der Waals surface area (Å²) >= 11 is 0. The third-order valence-electron chi connectivity index (χ3n) is 6.10. The second kappa shape index (κ2) is 3.94. The van der Waals surface area contributed by atoms with E-state index in [1.807, 2.05) is 19.9 Å². The maximum absolute atomic E-state index is 12.5. The zero-order chi connectivity index (χ0) is 13.8. The lowest BCUT2D eigenvalue weighted by Crippen LogP contribution is -2.42. The zero-order valence-electron chi connectivity index (χ0n) is 11.9. The summed E-state index contributed by atoms with van der Waals surface area (Å²) in [7, 11) is 0. The first kappa shape index (κ1) is 12.9. The summed E-state index contributed by atoms with van der Waals surface area (Å²) in [5.74, 6) is 0.833. The number of ether oxygens (including phenoxy) is 1. The molecule has 0 aromatic heterocycles. The summed E-state index contributed by atoms with van der Waals surface area (Å²) in [6.45, 7) is 6.44. The van der Waals surface area contributed by atoms with Crippen LogP contribution in [0.5, 0.6) is 0 Å². The van der Waals surface area contributed by atoms with Crippen molar-refractivity contribution in [1.29, 1.82) is 0 Å². The van der Waals surface area contributed by atoms with Crippen LogP contribution in [0, 0.1) is 28.6 Å². The van der Waals surface area contributed by atoms with Crippen LogP contribution in [0.3, 0.4) is 0 Å². The molecule has 19 heavy (non-hydrogen) atoms. The zero-order valence-corrected chi connectivity index (χ0v) is 11.9. The van der Waals surface area contributed by atoms with Crippen molar-refractivity contribution in [1.82, 2.24) is 0 Å². The SMILES string of the molecule is CCOC(=O)[C@]1(C)[C@@H]2C=CC(=O)[C@]3(C2)[C@H](C)CC[C@@H]13. The Hall–Kier alpha value is -1.12. The summed E-state index contributed by atoms with van der Waals surface area (Å²) in [5, 5.41) is 0. The molecule has 0 heterocycles. The van der Waals surface area contributed by atoms with E-state index in [9.17, 15) is 9.59 Å². The molecular formula is C16H22O3. The molecule has 0 aromatic carbocycles. The molecule has 0 radical (unpaired) electrons. The third-order valence-corrected chi connectivity index (χ3v) is 6.10. The predicted octanol–water partition coefficient (Wildman–Crippen LogP) is 2.75. The van der Waals surface area contributed by atoms with Gasteiger partial charge in [-0.2, -0.15) is 0 Å². The first-order chi connectivity index (χ1) is 8.97. The van der Waals surface area contributed by atoms with Crippen LogP contribution >= 0.6 is 0 Å². The van der Waals surface area contributed by atoms with Gasteiger partial charge in [0.25, 0.3) is 0 Å². The van der Waals surface area contributed by atoms with E-state index >= 15 is 0 Å². The van der Waals surface area contributed by atoms with Gasteiger partial charge in [-0.1, -0.05) is 13.0 Å². The Bertz CT molecular complexity index is 467. The lowest BCUT2D eigenvalue weighted by Gasteiger charge is -2.35. The lowest BCUT2D eigenvalue weighted by atomic mass is 9.67. The summed E-state index contributed by atoms with van der Waals surface area (Å²) in [4.78, 5) is 25.0. The van der Waals surface area contributed by atoms with Crippen molar-refractivity contribution in [2.24, 2.45) is 28.6 Å². The Morgan fingerprint density at radius 1 is 1.47 bits per heavy atom. The molecular weight excluding hydrogens is 240 g/mol. The van der Waals surface area contributed by atoms with Gasteiger partial charge in [0.1, 0.15) is 0 Å². The minimum atomic E-state index is -0.510. The molecule has 104 valence electrons. The number of hydrogen-bond donors (Lipinski definition) is 0. The monoisotopic (exact) mass is 262 g/mol. The molecule has 0 N–H and O–H groups in total. The van der Waals surface area contributed by atoms with Crippen molar-refractivity contribution in [3.63, 3.8) is 0 Å². The molecule has 0 amide bonds. The molecule has 2 saturated carbocycles. The van der Waals surface area contributed by atoms with E-state index in [0.29, 0.717) is 12.5 Å². The number of hydrogen-bond acceptors (Lipinski definition) is 3. The van der Waals surface area contributed by atoms with Gasteiger partial charge in [0, 0.05) is 5.41 Å². The van der Waals surface area contributed by atoms with Crippen molar-refractivity contribution in [3.8, 4) is 0 Å². The van der Waals surface area contributed by atoms with Crippen molar-refractivity contribution in [3.05, 3.63) is 12.2 Å². The fourth-order valence-electron chi connectivity index (χ4n) is 5.01. The summed E-state index contributed by atoms with van der Waals surface area (Å²) in [6.07, 6.45) is 6.54. The van der Waals surface area contributed by atoms with E-state index in [-0.39, 0.29) is 29.0 Å². The van der Waals surface area contributed by atoms with E-state index in [4.69, 9.17) is 4.74 Å². The van der Waals surface area contributed by atoms with Gasteiger partial charge in [-0.05, 0) is 56.9 Å². The van der Waals surface area contributed by atoms with Gasteiger partial charge in [0.15, 0.2) is 5.78 Å². The summed E-state index contributed by atoms with van der Waals surface area (Å²) in [6, 6.07) is 0. The minimum Gasteiger partial charge on any atom is -0.466 e. The Kier molecular flexibility index (Phi) is 2.67. The van der Waals surface area contributed by atoms with Gasteiger partial charge in [0.2, 0.25) is 0 Å². The molecule has 3 aliphatic carbocycles. The van der Waals surface area contributed by atoms with Crippen LogP contribution in [0.2, 0.25) is 0 Å². The van der Waals surface area contributed by atoms with Crippen LogP contribution < -0.4 is 0 Å². The largest absolute Gasteiger partial charge is 0.466 e. The van der Waals surface area contributed by atoms with Crippen LogP contribution in [0.1, 0.15) is 40.0 Å². The van der Waals surface area contributed by atoms with Crippen molar-refractivity contribution < 1.29 is 14.3 Å². The van der Waals surface area contributed by atoms with E-state index in [2.05, 4.69) is 6.92 Å². The van der Waals surface area contributed by atoms with E-state index in [1.165, 1.54) is 0 Å². The maximum atomic E-state index is 12.5. The summed E-state index contributed by atoms with van der Waals surface area (Å²) < 4.78 is 5.33. The molecule has 2 fully saturated rings. The van der Waals surface area contributed by atoms with Gasteiger partial charge < -0.3 is 4.74 Å². The first-order valence-corrected chi connectivity index (χ1v) is 7.37. The highest BCUT2D eigenvalue weighted by Crippen LogP contribution is 2.69. The third kappa shape index (κ3) is 1.34. The van der Waals surface area contributed by atoms with Gasteiger partial charge in [-0.15, -0.1) is 0 Å². The molecule has 3 rings (SSSR count). The van der Waals surface area contributed by atoms with Gasteiger partial charge in [-0.25, -0.2) is 0 Å². The quantitative estimate of drug-likeness (QED) is 0.719. The molecule has 0 unspecified atom stereocenters. The highest BCUT2D eigenvalue weighted by Gasteiger charge is 2.70. The van der Waals surface area contributed by atoms with Crippen LogP contribution in [-0.2, 0) is 14.3 Å².